The molecule has 0 radical (unpaired) electrons. The van der Waals surface area contributed by atoms with Gasteiger partial charge in [0, 0.05) is 24.7 Å². The third-order valence-electron chi connectivity index (χ3n) is 4.55. The van der Waals surface area contributed by atoms with Gasteiger partial charge in [0.15, 0.2) is 6.61 Å². The van der Waals surface area contributed by atoms with Gasteiger partial charge in [-0.2, -0.15) is 0 Å². The Balaban J connectivity index is 1.59. The summed E-state index contributed by atoms with van der Waals surface area (Å²) in [5.41, 5.74) is 5.65. The van der Waals surface area contributed by atoms with Crippen molar-refractivity contribution in [3.8, 4) is 5.75 Å². The van der Waals surface area contributed by atoms with E-state index >= 15 is 0 Å². The number of carbonyl (C=O) groups excluding carboxylic acids is 2. The van der Waals surface area contributed by atoms with Crippen molar-refractivity contribution >= 4 is 23.2 Å². The van der Waals surface area contributed by atoms with E-state index in [4.69, 9.17) is 9.47 Å². The van der Waals surface area contributed by atoms with Crippen LogP contribution in [-0.2, 0) is 9.53 Å². The number of benzene rings is 2. The molecule has 0 unspecified atom stereocenters. The van der Waals surface area contributed by atoms with E-state index in [1.807, 2.05) is 24.0 Å². The lowest BCUT2D eigenvalue weighted by Crippen LogP contribution is -2.43. The molecular weight excluding hydrogens is 392 g/mol. The van der Waals surface area contributed by atoms with Crippen molar-refractivity contribution in [3.05, 3.63) is 63.7 Å². The number of rotatable bonds is 6. The van der Waals surface area contributed by atoms with E-state index < -0.39 is 16.7 Å². The quantitative estimate of drug-likeness (QED) is 0.543. The molecule has 3 rings (SSSR count). The van der Waals surface area contributed by atoms with Gasteiger partial charge in [0.05, 0.1) is 18.1 Å². The first-order valence-electron chi connectivity index (χ1n) is 9.34. The summed E-state index contributed by atoms with van der Waals surface area (Å²) in [6, 6.07) is 11.4. The van der Waals surface area contributed by atoms with Gasteiger partial charge in [0.2, 0.25) is 0 Å². The summed E-state index contributed by atoms with van der Waals surface area (Å²) in [5, 5.41) is 11.5. The lowest BCUT2D eigenvalue weighted by atomic mass is 10.1. The standard InChI is InChI=1S/C20H22N4O6/c1-14-4-2-3-5-18(14)30-13-19(25)21-22-20(26)15-6-7-16(17(12-15)24(27)28)23-8-10-29-11-9-23/h2-7,12H,8-11,13H2,1H3,(H,21,25)(H,22,26). The Morgan fingerprint density at radius 1 is 1.17 bits per heavy atom. The molecule has 0 aliphatic carbocycles. The molecule has 1 saturated heterocycles. The molecule has 2 aromatic rings. The highest BCUT2D eigenvalue weighted by Gasteiger charge is 2.23. The molecule has 2 amide bonds. The van der Waals surface area contributed by atoms with Gasteiger partial charge in [-0.15, -0.1) is 0 Å². The number of anilines is 1. The van der Waals surface area contributed by atoms with Crippen LogP contribution in [0.25, 0.3) is 0 Å². The molecule has 1 aliphatic heterocycles. The normalized spacial score (nSPS) is 13.4. The third kappa shape index (κ3) is 5.23. The van der Waals surface area contributed by atoms with Gasteiger partial charge in [0.1, 0.15) is 11.4 Å². The summed E-state index contributed by atoms with van der Waals surface area (Å²) in [4.78, 5) is 37.0. The highest BCUT2D eigenvalue weighted by molar-refractivity contribution is 5.96. The second-order valence-corrected chi connectivity index (χ2v) is 6.62. The molecule has 0 bridgehead atoms. The zero-order chi connectivity index (χ0) is 21.5. The molecule has 158 valence electrons. The molecule has 1 heterocycles. The number of hydrogen-bond acceptors (Lipinski definition) is 7. The number of nitro benzene ring substituents is 1. The third-order valence-corrected chi connectivity index (χ3v) is 4.55. The Bertz CT molecular complexity index is 943. The van der Waals surface area contributed by atoms with Crippen LogP contribution in [0.4, 0.5) is 11.4 Å². The monoisotopic (exact) mass is 414 g/mol. The predicted octanol–water partition coefficient (Wildman–Crippen LogP) is 1.58. The number of carbonyl (C=O) groups is 2. The highest BCUT2D eigenvalue weighted by atomic mass is 16.6. The number of nitrogens with zero attached hydrogens (tertiary/aromatic N) is 2. The van der Waals surface area contributed by atoms with E-state index in [1.165, 1.54) is 18.2 Å². The Morgan fingerprint density at radius 2 is 1.90 bits per heavy atom. The van der Waals surface area contributed by atoms with Crippen molar-refractivity contribution in [2.75, 3.05) is 37.8 Å². The van der Waals surface area contributed by atoms with Crippen LogP contribution in [0.3, 0.4) is 0 Å². The number of morpholine rings is 1. The van der Waals surface area contributed by atoms with Gasteiger partial charge in [-0.25, -0.2) is 0 Å². The fourth-order valence-electron chi connectivity index (χ4n) is 2.98. The van der Waals surface area contributed by atoms with Crippen LogP contribution >= 0.6 is 0 Å². The molecule has 10 heteroatoms. The van der Waals surface area contributed by atoms with Crippen molar-refractivity contribution in [1.82, 2.24) is 10.9 Å². The van der Waals surface area contributed by atoms with Crippen LogP contribution in [0.15, 0.2) is 42.5 Å². The first-order valence-corrected chi connectivity index (χ1v) is 9.34. The Labute approximate surface area is 172 Å². The molecule has 10 nitrogen and oxygen atoms in total. The number of ether oxygens (including phenoxy) is 2. The molecule has 0 saturated carbocycles. The summed E-state index contributed by atoms with van der Waals surface area (Å²) in [5.74, 6) is -0.671. The number of aryl methyl sites for hydroxylation is 1. The molecule has 2 aromatic carbocycles. The summed E-state index contributed by atoms with van der Waals surface area (Å²) in [7, 11) is 0. The first kappa shape index (κ1) is 21.1. The summed E-state index contributed by atoms with van der Waals surface area (Å²) >= 11 is 0. The predicted molar refractivity (Wildman–Crippen MR) is 108 cm³/mol. The summed E-state index contributed by atoms with van der Waals surface area (Å²) < 4.78 is 10.7. The maximum Gasteiger partial charge on any atom is 0.293 e. The van der Waals surface area contributed by atoms with Crippen LogP contribution in [0.5, 0.6) is 5.75 Å². The van der Waals surface area contributed by atoms with Crippen molar-refractivity contribution in [1.29, 1.82) is 0 Å². The summed E-state index contributed by atoms with van der Waals surface area (Å²) in [6.07, 6.45) is 0. The molecule has 1 aliphatic rings. The Morgan fingerprint density at radius 3 is 2.60 bits per heavy atom. The van der Waals surface area contributed by atoms with Crippen LogP contribution in [0.1, 0.15) is 15.9 Å². The van der Waals surface area contributed by atoms with E-state index in [0.29, 0.717) is 37.7 Å². The molecule has 30 heavy (non-hydrogen) atoms. The minimum absolute atomic E-state index is 0.0545. The van der Waals surface area contributed by atoms with E-state index in [0.717, 1.165) is 5.56 Å². The molecule has 2 N–H and O–H groups in total. The number of hydrazine groups is 1. The molecular formula is C20H22N4O6. The van der Waals surface area contributed by atoms with Crippen LogP contribution < -0.4 is 20.5 Å². The summed E-state index contributed by atoms with van der Waals surface area (Å²) in [6.45, 7) is 3.59. The number of hydrogen-bond donors (Lipinski definition) is 2. The topological polar surface area (TPSA) is 123 Å². The van der Waals surface area contributed by atoms with Crippen LogP contribution in [0, 0.1) is 17.0 Å². The lowest BCUT2D eigenvalue weighted by molar-refractivity contribution is -0.384. The van der Waals surface area contributed by atoms with Crippen molar-refractivity contribution in [2.24, 2.45) is 0 Å². The first-order chi connectivity index (χ1) is 14.5. The van der Waals surface area contributed by atoms with E-state index in [9.17, 15) is 19.7 Å². The van der Waals surface area contributed by atoms with Gasteiger partial charge < -0.3 is 14.4 Å². The zero-order valence-corrected chi connectivity index (χ0v) is 16.4. The molecule has 0 spiro atoms. The molecule has 0 atom stereocenters. The largest absolute Gasteiger partial charge is 0.483 e. The smallest absolute Gasteiger partial charge is 0.293 e. The number of para-hydroxylation sites is 1. The average molecular weight is 414 g/mol. The van der Waals surface area contributed by atoms with Crippen molar-refractivity contribution in [2.45, 2.75) is 6.92 Å². The van der Waals surface area contributed by atoms with Gasteiger partial charge >= 0.3 is 0 Å². The van der Waals surface area contributed by atoms with Crippen LogP contribution in [-0.4, -0.2) is 49.6 Å². The Kier molecular flexibility index (Phi) is 6.81. The van der Waals surface area contributed by atoms with Crippen molar-refractivity contribution < 1.29 is 24.0 Å². The maximum atomic E-state index is 12.3. The van der Waals surface area contributed by atoms with Gasteiger partial charge in [-0.1, -0.05) is 18.2 Å². The fourth-order valence-corrected chi connectivity index (χ4v) is 2.98. The van der Waals surface area contributed by atoms with E-state index in [2.05, 4.69) is 10.9 Å². The van der Waals surface area contributed by atoms with Gasteiger partial charge in [-0.05, 0) is 30.7 Å². The Hall–Kier alpha value is -3.66. The lowest BCUT2D eigenvalue weighted by Gasteiger charge is -2.28. The minimum atomic E-state index is -0.670. The molecule has 1 fully saturated rings. The minimum Gasteiger partial charge on any atom is -0.483 e. The SMILES string of the molecule is Cc1ccccc1OCC(=O)NNC(=O)c1ccc(N2CCOCC2)c([N+](=O)[O-])c1. The van der Waals surface area contributed by atoms with Crippen LogP contribution in [0.2, 0.25) is 0 Å². The second kappa shape index (κ2) is 9.70. The highest BCUT2D eigenvalue weighted by Crippen LogP contribution is 2.29. The zero-order valence-electron chi connectivity index (χ0n) is 16.4. The van der Waals surface area contributed by atoms with Crippen molar-refractivity contribution in [3.63, 3.8) is 0 Å². The van der Waals surface area contributed by atoms with Gasteiger partial charge in [0.25, 0.3) is 17.5 Å². The van der Waals surface area contributed by atoms with E-state index in [1.54, 1.807) is 12.1 Å². The fraction of sp³-hybridized carbons (Fsp3) is 0.300. The maximum absolute atomic E-state index is 12.3. The number of amides is 2. The number of nitro groups is 1. The molecule has 0 aromatic heterocycles. The second-order valence-electron chi connectivity index (χ2n) is 6.62. The number of nitrogens with one attached hydrogen (secondary N) is 2. The van der Waals surface area contributed by atoms with E-state index in [-0.39, 0.29) is 17.9 Å². The van der Waals surface area contributed by atoms with Gasteiger partial charge in [-0.3, -0.25) is 30.6 Å². The average Bonchev–Trinajstić information content (AvgIpc) is 2.77.